The Morgan fingerprint density at radius 3 is 1.25 bits per heavy atom. The van der Waals surface area contributed by atoms with E-state index in [4.69, 9.17) is 18.5 Å². The maximum absolute atomic E-state index is 12.8. The van der Waals surface area contributed by atoms with Gasteiger partial charge in [-0.1, -0.05) is 180 Å². The molecule has 0 heterocycles. The molecule has 0 aromatic rings. The SMILES string of the molecule is CC/C=C\C/C=C\C/C=C\C/C=C\C/C=C\C/C=C\C/C=C\C/C=C\CCCCCCC(=O)OC(COC(=O)CCCCCCC/C=C\C/C=C\CCCCC)COP(=O)(O)OCC[N+](C)(C)C. The molecule has 0 fully saturated rings. The maximum atomic E-state index is 12.8. The van der Waals surface area contributed by atoms with Gasteiger partial charge in [0.05, 0.1) is 27.7 Å². The Morgan fingerprint density at radius 1 is 0.471 bits per heavy atom. The molecule has 0 rings (SSSR count). The summed E-state index contributed by atoms with van der Waals surface area (Å²) in [6.07, 6.45) is 68.2. The van der Waals surface area contributed by atoms with Crippen LogP contribution in [0.2, 0.25) is 0 Å². The fraction of sp³-hybridized carbons (Fsp3) is 0.621. The molecule has 68 heavy (non-hydrogen) atoms. The summed E-state index contributed by atoms with van der Waals surface area (Å²) < 4.78 is 34.4. The molecule has 0 aromatic carbocycles. The van der Waals surface area contributed by atoms with Crippen LogP contribution in [0.25, 0.3) is 0 Å². The van der Waals surface area contributed by atoms with Crippen LogP contribution in [0.1, 0.15) is 181 Å². The smallest absolute Gasteiger partial charge is 0.462 e. The molecule has 0 saturated carbocycles. The van der Waals surface area contributed by atoms with Gasteiger partial charge in [-0.2, -0.15) is 0 Å². The lowest BCUT2D eigenvalue weighted by atomic mass is 10.1. The molecule has 0 amide bonds. The Kier molecular flexibility index (Phi) is 45.9. The van der Waals surface area contributed by atoms with E-state index in [1.54, 1.807) is 0 Å². The van der Waals surface area contributed by atoms with Crippen molar-refractivity contribution in [3.63, 3.8) is 0 Å². The number of hydrogen-bond donors (Lipinski definition) is 1. The highest BCUT2D eigenvalue weighted by Gasteiger charge is 2.27. The zero-order valence-electron chi connectivity index (χ0n) is 43.5. The summed E-state index contributed by atoms with van der Waals surface area (Å²) >= 11 is 0. The molecule has 0 aliphatic carbocycles. The van der Waals surface area contributed by atoms with Gasteiger partial charge in [-0.25, -0.2) is 4.57 Å². The molecule has 0 saturated heterocycles. The van der Waals surface area contributed by atoms with E-state index >= 15 is 0 Å². The summed E-state index contributed by atoms with van der Waals surface area (Å²) in [5, 5.41) is 0. The Balaban J connectivity index is 4.33. The van der Waals surface area contributed by atoms with E-state index in [0.717, 1.165) is 116 Å². The van der Waals surface area contributed by atoms with E-state index < -0.39 is 32.5 Å². The number of phosphoric acid groups is 1. The lowest BCUT2D eigenvalue weighted by molar-refractivity contribution is -0.870. The average Bonchev–Trinajstić information content (AvgIpc) is 3.30. The normalized spacial score (nSPS) is 14.4. The van der Waals surface area contributed by atoms with Crippen molar-refractivity contribution in [1.82, 2.24) is 0 Å². The molecule has 386 valence electrons. The van der Waals surface area contributed by atoms with Gasteiger partial charge in [0, 0.05) is 12.8 Å². The van der Waals surface area contributed by atoms with Crippen molar-refractivity contribution >= 4 is 19.8 Å². The van der Waals surface area contributed by atoms with Crippen LogP contribution in [0.3, 0.4) is 0 Å². The topological polar surface area (TPSA) is 108 Å². The predicted molar refractivity (Wildman–Crippen MR) is 288 cm³/mol. The molecular formula is C58H97NO8P+. The van der Waals surface area contributed by atoms with E-state index in [2.05, 4.69) is 135 Å². The second-order valence-electron chi connectivity index (χ2n) is 18.2. The molecule has 9 nitrogen and oxygen atoms in total. The van der Waals surface area contributed by atoms with Crippen molar-refractivity contribution in [2.75, 3.05) is 47.5 Å². The minimum absolute atomic E-state index is 0.0167. The Labute approximate surface area is 416 Å². The highest BCUT2D eigenvalue weighted by atomic mass is 31.2. The summed E-state index contributed by atoms with van der Waals surface area (Å²) in [5.41, 5.74) is 0. The Morgan fingerprint density at radius 2 is 0.838 bits per heavy atom. The fourth-order valence-electron chi connectivity index (χ4n) is 6.41. The number of likely N-dealkylation sites (N-methyl/N-ethyl adjacent to an activating group) is 1. The average molecular weight is 967 g/mol. The molecule has 0 spiro atoms. The first-order chi connectivity index (χ1) is 33.0. The molecular weight excluding hydrogens is 870 g/mol. The van der Waals surface area contributed by atoms with E-state index in [-0.39, 0.29) is 26.1 Å². The van der Waals surface area contributed by atoms with Crippen LogP contribution in [0.5, 0.6) is 0 Å². The first kappa shape index (κ1) is 64.4. The van der Waals surface area contributed by atoms with Crippen molar-refractivity contribution in [1.29, 1.82) is 0 Å². The molecule has 1 N–H and O–H groups in total. The quantitative estimate of drug-likeness (QED) is 0.0211. The van der Waals surface area contributed by atoms with Gasteiger partial charge in [-0.3, -0.25) is 18.6 Å². The second kappa shape index (κ2) is 48.4. The number of quaternary nitrogens is 1. The van der Waals surface area contributed by atoms with E-state index in [9.17, 15) is 19.0 Å². The third kappa shape index (κ3) is 51.8. The van der Waals surface area contributed by atoms with Crippen molar-refractivity contribution in [3.05, 3.63) is 122 Å². The number of carbonyl (C=O) groups is 2. The zero-order valence-corrected chi connectivity index (χ0v) is 44.4. The molecule has 0 aromatic heterocycles. The molecule has 0 bridgehead atoms. The molecule has 2 unspecified atom stereocenters. The Hall–Kier alpha value is -3.59. The number of esters is 2. The lowest BCUT2D eigenvalue weighted by Crippen LogP contribution is -2.37. The van der Waals surface area contributed by atoms with Crippen LogP contribution in [0, 0.1) is 0 Å². The van der Waals surface area contributed by atoms with Gasteiger partial charge >= 0.3 is 19.8 Å². The minimum atomic E-state index is -4.40. The summed E-state index contributed by atoms with van der Waals surface area (Å²) in [6, 6.07) is 0. The van der Waals surface area contributed by atoms with Crippen molar-refractivity contribution in [2.24, 2.45) is 0 Å². The largest absolute Gasteiger partial charge is 0.472 e. The number of carbonyl (C=O) groups excluding carboxylic acids is 2. The van der Waals surface area contributed by atoms with Crippen molar-refractivity contribution < 1.29 is 42.1 Å². The highest BCUT2D eigenvalue weighted by Crippen LogP contribution is 2.43. The van der Waals surface area contributed by atoms with E-state index in [0.29, 0.717) is 23.9 Å². The summed E-state index contributed by atoms with van der Waals surface area (Å²) in [4.78, 5) is 35.5. The number of phosphoric ester groups is 1. The number of rotatable bonds is 46. The van der Waals surface area contributed by atoms with Crippen LogP contribution in [-0.2, 0) is 32.7 Å². The van der Waals surface area contributed by atoms with Crippen LogP contribution in [0.4, 0.5) is 0 Å². The number of allylic oxidation sites excluding steroid dienone is 20. The fourth-order valence-corrected chi connectivity index (χ4v) is 7.15. The van der Waals surface area contributed by atoms with E-state index in [1.807, 2.05) is 21.1 Å². The van der Waals surface area contributed by atoms with Crippen LogP contribution >= 0.6 is 7.82 Å². The molecule has 10 heteroatoms. The van der Waals surface area contributed by atoms with Gasteiger partial charge in [0.2, 0.25) is 0 Å². The molecule has 2 atom stereocenters. The van der Waals surface area contributed by atoms with Crippen LogP contribution < -0.4 is 0 Å². The molecule has 0 aliphatic rings. The third-order valence-corrected chi connectivity index (χ3v) is 11.5. The maximum Gasteiger partial charge on any atom is 0.472 e. The summed E-state index contributed by atoms with van der Waals surface area (Å²) in [7, 11) is 1.43. The van der Waals surface area contributed by atoms with E-state index in [1.165, 1.54) is 25.7 Å². The van der Waals surface area contributed by atoms with Gasteiger partial charge in [-0.15, -0.1) is 0 Å². The van der Waals surface area contributed by atoms with Crippen molar-refractivity contribution in [3.8, 4) is 0 Å². The monoisotopic (exact) mass is 967 g/mol. The van der Waals surface area contributed by atoms with Crippen LogP contribution in [0.15, 0.2) is 122 Å². The highest BCUT2D eigenvalue weighted by molar-refractivity contribution is 7.47. The Bertz CT molecular complexity index is 1560. The van der Waals surface area contributed by atoms with Crippen molar-refractivity contribution in [2.45, 2.75) is 187 Å². The first-order valence-corrected chi connectivity index (χ1v) is 27.8. The lowest BCUT2D eigenvalue weighted by Gasteiger charge is -2.24. The second-order valence-corrected chi connectivity index (χ2v) is 19.6. The molecule has 0 radical (unpaired) electrons. The minimum Gasteiger partial charge on any atom is -0.462 e. The van der Waals surface area contributed by atoms with Gasteiger partial charge in [0.1, 0.15) is 19.8 Å². The zero-order chi connectivity index (χ0) is 49.9. The van der Waals surface area contributed by atoms with Gasteiger partial charge in [-0.05, 0) is 109 Å². The van der Waals surface area contributed by atoms with Gasteiger partial charge in [0.25, 0.3) is 0 Å². The first-order valence-electron chi connectivity index (χ1n) is 26.3. The number of unbranched alkanes of at least 4 members (excludes halogenated alkanes) is 12. The third-order valence-electron chi connectivity index (χ3n) is 10.5. The predicted octanol–water partition coefficient (Wildman–Crippen LogP) is 16.0. The number of hydrogen-bond acceptors (Lipinski definition) is 7. The molecule has 0 aliphatic heterocycles. The van der Waals surface area contributed by atoms with Gasteiger partial charge in [0.15, 0.2) is 6.10 Å². The van der Waals surface area contributed by atoms with Gasteiger partial charge < -0.3 is 18.9 Å². The number of nitrogens with zero attached hydrogens (tertiary/aromatic N) is 1. The number of ether oxygens (including phenoxy) is 2. The summed E-state index contributed by atoms with van der Waals surface area (Å²) in [6.45, 7) is 4.21. The summed E-state index contributed by atoms with van der Waals surface area (Å²) in [5.74, 6) is -0.855. The van der Waals surface area contributed by atoms with Crippen LogP contribution in [-0.4, -0.2) is 74.9 Å². The standard InChI is InChI=1S/C58H96NO8P/c1-6-8-10-12-14-16-18-20-22-23-24-25-26-27-28-29-30-31-32-33-34-35-37-39-41-43-45-47-49-51-58(61)67-56(55-66-68(62,63)65-53-52-59(3,4)5)54-64-57(60)50-48-46-44-42-40-38-36-21-19-17-15-13-11-9-7-2/h8,10,14-17,20-22,24-25,27-28,30-31,33-34,36-37,39,56H,6-7,9,11-13,18-19,23,26,29,32,35,38,40-55H2,1-5H3/p+1/b10-8-,16-14-,17-15-,22-20-,25-24-,28-27-,31-30-,34-33-,36-21-,39-37-.